The molecule has 1 aromatic heterocycles. The maximum atomic E-state index is 12.9. The number of amides is 1. The van der Waals surface area contributed by atoms with Crippen LogP contribution < -0.4 is 10.1 Å². The number of benzene rings is 2. The number of pyridine rings is 1. The number of hydrogen-bond donors (Lipinski definition) is 1. The molecule has 0 radical (unpaired) electrons. The van der Waals surface area contributed by atoms with Gasteiger partial charge < -0.3 is 14.8 Å². The average Bonchev–Trinajstić information content (AvgIpc) is 2.82. The first-order valence-corrected chi connectivity index (χ1v) is 12.0. The normalized spacial score (nSPS) is 14.6. The zero-order valence-electron chi connectivity index (χ0n) is 17.8. The predicted molar refractivity (Wildman–Crippen MR) is 124 cm³/mol. The fraction of sp³-hybridized carbons (Fsp3) is 0.217. The number of nitrogens with one attached hydrogen (secondary N) is 1. The van der Waals surface area contributed by atoms with Gasteiger partial charge in [-0.15, -0.1) is 0 Å². The van der Waals surface area contributed by atoms with Crippen molar-refractivity contribution >= 4 is 33.2 Å². The van der Waals surface area contributed by atoms with Crippen LogP contribution in [-0.4, -0.2) is 49.9 Å². The van der Waals surface area contributed by atoms with Crippen molar-refractivity contribution in [3.63, 3.8) is 0 Å². The summed E-state index contributed by atoms with van der Waals surface area (Å²) in [7, 11) is -3.71. The van der Waals surface area contributed by atoms with Crippen molar-refractivity contribution < 1.29 is 22.7 Å². The predicted octanol–water partition coefficient (Wildman–Crippen LogP) is 4.11. The zero-order chi connectivity index (χ0) is 23.4. The number of morpholine rings is 1. The van der Waals surface area contributed by atoms with Crippen LogP contribution in [0.3, 0.4) is 0 Å². The molecule has 10 heteroatoms. The van der Waals surface area contributed by atoms with Crippen molar-refractivity contribution in [3.8, 4) is 11.6 Å². The summed E-state index contributed by atoms with van der Waals surface area (Å²) in [5.41, 5.74) is 1.37. The monoisotopic (exact) mass is 487 g/mol. The molecule has 172 valence electrons. The first-order valence-electron chi connectivity index (χ1n) is 10.2. The minimum absolute atomic E-state index is 0.0741. The number of rotatable bonds is 6. The third-order valence-corrected chi connectivity index (χ3v) is 7.24. The summed E-state index contributed by atoms with van der Waals surface area (Å²) in [5, 5.41) is 3.36. The van der Waals surface area contributed by atoms with Gasteiger partial charge in [-0.25, -0.2) is 13.4 Å². The lowest BCUT2D eigenvalue weighted by molar-refractivity contribution is 0.0730. The van der Waals surface area contributed by atoms with E-state index in [-0.39, 0.29) is 23.5 Å². The standard InChI is InChI=1S/C23H22ClN3O5S/c1-16-2-8-20(33(29,30)27-10-12-31-13-11-27)14-21(16)23(28)26-18-5-9-22(25-15-18)32-19-6-3-17(24)4-7-19/h2-9,14-15H,10-13H2,1H3,(H,26,28). The molecule has 0 aliphatic carbocycles. The number of ether oxygens (including phenoxy) is 2. The van der Waals surface area contributed by atoms with Crippen molar-refractivity contribution in [2.45, 2.75) is 11.8 Å². The Morgan fingerprint density at radius 1 is 1.09 bits per heavy atom. The second-order valence-corrected chi connectivity index (χ2v) is 9.76. The lowest BCUT2D eigenvalue weighted by atomic mass is 10.1. The number of anilines is 1. The van der Waals surface area contributed by atoms with Gasteiger partial charge in [-0.2, -0.15) is 4.31 Å². The Balaban J connectivity index is 1.48. The van der Waals surface area contributed by atoms with Gasteiger partial charge in [0.2, 0.25) is 15.9 Å². The minimum atomic E-state index is -3.71. The lowest BCUT2D eigenvalue weighted by Crippen LogP contribution is -2.40. The molecule has 2 heterocycles. The highest BCUT2D eigenvalue weighted by Gasteiger charge is 2.27. The second kappa shape index (κ2) is 9.88. The van der Waals surface area contributed by atoms with Crippen molar-refractivity contribution in [2.24, 2.45) is 0 Å². The Morgan fingerprint density at radius 3 is 2.48 bits per heavy atom. The van der Waals surface area contributed by atoms with Gasteiger partial charge in [0.05, 0.1) is 30.0 Å². The highest BCUT2D eigenvalue weighted by atomic mass is 35.5. The fourth-order valence-electron chi connectivity index (χ4n) is 3.28. The Hall–Kier alpha value is -2.98. The first kappa shape index (κ1) is 23.2. The van der Waals surface area contributed by atoms with Crippen LogP contribution in [0.5, 0.6) is 11.6 Å². The van der Waals surface area contributed by atoms with Crippen molar-refractivity contribution in [3.05, 3.63) is 76.9 Å². The molecule has 0 unspecified atom stereocenters. The van der Waals surface area contributed by atoms with E-state index < -0.39 is 15.9 Å². The molecular weight excluding hydrogens is 466 g/mol. The quantitative estimate of drug-likeness (QED) is 0.562. The highest BCUT2D eigenvalue weighted by molar-refractivity contribution is 7.89. The molecule has 1 fully saturated rings. The molecule has 3 aromatic rings. The summed E-state index contributed by atoms with van der Waals surface area (Å²) < 4.78 is 38.1. The Kier molecular flexibility index (Phi) is 6.94. The van der Waals surface area contributed by atoms with Crippen LogP contribution in [0.15, 0.2) is 65.7 Å². The third kappa shape index (κ3) is 5.51. The van der Waals surface area contributed by atoms with Crippen molar-refractivity contribution in [2.75, 3.05) is 31.6 Å². The maximum Gasteiger partial charge on any atom is 0.256 e. The van der Waals surface area contributed by atoms with Gasteiger partial charge in [0.25, 0.3) is 5.91 Å². The molecule has 0 bridgehead atoms. The molecule has 0 spiro atoms. The third-order valence-electron chi connectivity index (χ3n) is 5.09. The van der Waals surface area contributed by atoms with Crippen LogP contribution in [0.2, 0.25) is 5.02 Å². The number of aryl methyl sites for hydroxylation is 1. The molecule has 1 saturated heterocycles. The lowest BCUT2D eigenvalue weighted by Gasteiger charge is -2.26. The highest BCUT2D eigenvalue weighted by Crippen LogP contribution is 2.24. The molecule has 33 heavy (non-hydrogen) atoms. The fourth-order valence-corrected chi connectivity index (χ4v) is 4.84. The number of halogens is 1. The summed E-state index contributed by atoms with van der Waals surface area (Å²) in [5.74, 6) is 0.502. The van der Waals surface area contributed by atoms with E-state index in [4.69, 9.17) is 21.1 Å². The van der Waals surface area contributed by atoms with Crippen molar-refractivity contribution in [1.82, 2.24) is 9.29 Å². The smallest absolute Gasteiger partial charge is 0.256 e. The minimum Gasteiger partial charge on any atom is -0.439 e. The van der Waals surface area contributed by atoms with E-state index in [1.165, 1.54) is 22.6 Å². The van der Waals surface area contributed by atoms with E-state index in [0.29, 0.717) is 41.1 Å². The van der Waals surface area contributed by atoms with E-state index >= 15 is 0 Å². The molecule has 2 aromatic carbocycles. The summed E-state index contributed by atoms with van der Waals surface area (Å²) in [6.45, 7) is 3.02. The number of carbonyl (C=O) groups is 1. The molecule has 0 atom stereocenters. The molecule has 1 N–H and O–H groups in total. The van der Waals surface area contributed by atoms with Gasteiger partial charge in [-0.3, -0.25) is 4.79 Å². The van der Waals surface area contributed by atoms with E-state index in [1.807, 2.05) is 0 Å². The van der Waals surface area contributed by atoms with Crippen molar-refractivity contribution in [1.29, 1.82) is 0 Å². The molecule has 0 saturated carbocycles. The topological polar surface area (TPSA) is 97.8 Å². The number of hydrogen-bond acceptors (Lipinski definition) is 6. The number of carbonyl (C=O) groups excluding carboxylic acids is 1. The SMILES string of the molecule is Cc1ccc(S(=O)(=O)N2CCOCC2)cc1C(=O)Nc1ccc(Oc2ccc(Cl)cc2)nc1. The summed E-state index contributed by atoms with van der Waals surface area (Å²) in [6.07, 6.45) is 1.47. The maximum absolute atomic E-state index is 12.9. The van der Waals surface area contributed by atoms with E-state index in [0.717, 1.165) is 0 Å². The van der Waals surface area contributed by atoms with E-state index in [1.54, 1.807) is 49.4 Å². The van der Waals surface area contributed by atoms with Crippen LogP contribution >= 0.6 is 11.6 Å². The van der Waals surface area contributed by atoms with Crippen LogP contribution in [0.4, 0.5) is 5.69 Å². The van der Waals surface area contributed by atoms with Gasteiger partial charge in [0.1, 0.15) is 5.75 Å². The van der Waals surface area contributed by atoms with Gasteiger partial charge >= 0.3 is 0 Å². The average molecular weight is 488 g/mol. The largest absolute Gasteiger partial charge is 0.439 e. The Labute approximate surface area is 197 Å². The van der Waals surface area contributed by atoms with Gasteiger partial charge in [-0.1, -0.05) is 17.7 Å². The molecule has 1 aliphatic rings. The number of nitrogens with zero attached hydrogens (tertiary/aromatic N) is 2. The molecule has 8 nitrogen and oxygen atoms in total. The zero-order valence-corrected chi connectivity index (χ0v) is 19.4. The van der Waals surface area contributed by atoms with Gasteiger partial charge in [-0.05, 0) is 55.0 Å². The van der Waals surface area contributed by atoms with Gasteiger partial charge in [0.15, 0.2) is 0 Å². The molecular formula is C23H22ClN3O5S. The molecule has 1 amide bonds. The summed E-state index contributed by atoms with van der Waals surface area (Å²) in [4.78, 5) is 17.2. The Bertz CT molecular complexity index is 1240. The van der Waals surface area contributed by atoms with E-state index in [2.05, 4.69) is 10.3 Å². The number of aromatic nitrogens is 1. The summed E-state index contributed by atoms with van der Waals surface area (Å²) in [6, 6.07) is 14.7. The van der Waals surface area contributed by atoms with E-state index in [9.17, 15) is 13.2 Å². The van der Waals surface area contributed by atoms with Crippen LogP contribution in [0.25, 0.3) is 0 Å². The second-order valence-electron chi connectivity index (χ2n) is 7.39. The molecule has 4 rings (SSSR count). The van der Waals surface area contributed by atoms with Crippen LogP contribution in [-0.2, 0) is 14.8 Å². The molecule has 1 aliphatic heterocycles. The van der Waals surface area contributed by atoms with Crippen LogP contribution in [0, 0.1) is 6.92 Å². The summed E-state index contributed by atoms with van der Waals surface area (Å²) >= 11 is 5.87. The van der Waals surface area contributed by atoms with Gasteiger partial charge in [0, 0.05) is 29.7 Å². The number of sulfonamides is 1. The Morgan fingerprint density at radius 2 is 1.82 bits per heavy atom. The van der Waals surface area contributed by atoms with Crippen LogP contribution in [0.1, 0.15) is 15.9 Å². The first-order chi connectivity index (χ1) is 15.8.